The lowest BCUT2D eigenvalue weighted by molar-refractivity contribution is -0.122. The highest BCUT2D eigenvalue weighted by molar-refractivity contribution is 5.76. The summed E-state index contributed by atoms with van der Waals surface area (Å²) in [6.45, 7) is 6.78. The van der Waals surface area contributed by atoms with Crippen LogP contribution in [0.2, 0.25) is 0 Å². The summed E-state index contributed by atoms with van der Waals surface area (Å²) in [5, 5.41) is 11.5. The number of amides is 1. The first kappa shape index (κ1) is 15.4. The summed E-state index contributed by atoms with van der Waals surface area (Å²) in [6.07, 6.45) is 2.37. The maximum Gasteiger partial charge on any atom is 0.220 e. The molecule has 0 heterocycles. The highest BCUT2D eigenvalue weighted by Crippen LogP contribution is 2.20. The van der Waals surface area contributed by atoms with Crippen molar-refractivity contribution in [1.29, 1.82) is 0 Å². The molecule has 1 amide bonds. The Morgan fingerprint density at radius 3 is 2.38 bits per heavy atom. The van der Waals surface area contributed by atoms with Crippen molar-refractivity contribution in [2.75, 3.05) is 13.2 Å². The Morgan fingerprint density at radius 2 is 1.94 bits per heavy atom. The van der Waals surface area contributed by atoms with Gasteiger partial charge in [0.25, 0.3) is 0 Å². The summed E-state index contributed by atoms with van der Waals surface area (Å²) in [4.78, 5) is 11.5. The molecule has 0 aliphatic rings. The molecule has 0 aromatic heterocycles. The normalized spacial score (nSPS) is 14.9. The van der Waals surface area contributed by atoms with Crippen LogP contribution in [0.15, 0.2) is 0 Å². The summed E-state index contributed by atoms with van der Waals surface area (Å²) in [7, 11) is 0. The van der Waals surface area contributed by atoms with Crippen LogP contribution in [0.3, 0.4) is 0 Å². The van der Waals surface area contributed by atoms with Crippen LogP contribution < -0.4 is 11.1 Å². The van der Waals surface area contributed by atoms with E-state index < -0.39 is 0 Å². The van der Waals surface area contributed by atoms with E-state index in [-0.39, 0.29) is 18.6 Å². The van der Waals surface area contributed by atoms with Gasteiger partial charge in [0.1, 0.15) is 0 Å². The van der Waals surface area contributed by atoms with E-state index >= 15 is 0 Å². The first-order valence-electron chi connectivity index (χ1n) is 6.11. The van der Waals surface area contributed by atoms with Crippen LogP contribution in [0.1, 0.15) is 40.0 Å². The van der Waals surface area contributed by atoms with Gasteiger partial charge in [-0.2, -0.15) is 0 Å². The van der Waals surface area contributed by atoms with Gasteiger partial charge in [-0.15, -0.1) is 0 Å². The molecule has 0 spiro atoms. The zero-order valence-corrected chi connectivity index (χ0v) is 10.7. The van der Waals surface area contributed by atoms with Gasteiger partial charge in [-0.1, -0.05) is 13.8 Å². The molecule has 0 radical (unpaired) electrons. The average molecular weight is 230 g/mol. The van der Waals surface area contributed by atoms with Crippen molar-refractivity contribution in [2.24, 2.45) is 17.6 Å². The van der Waals surface area contributed by atoms with Gasteiger partial charge in [-0.3, -0.25) is 4.79 Å². The molecule has 0 aromatic rings. The molecule has 0 saturated heterocycles. The average Bonchev–Trinajstić information content (AvgIpc) is 2.23. The molecule has 0 aliphatic heterocycles. The molecular formula is C12H26N2O2. The highest BCUT2D eigenvalue weighted by atomic mass is 16.3. The van der Waals surface area contributed by atoms with Crippen molar-refractivity contribution in [2.45, 2.75) is 46.1 Å². The fourth-order valence-corrected chi connectivity index (χ4v) is 1.73. The van der Waals surface area contributed by atoms with Crippen LogP contribution in [0, 0.1) is 11.8 Å². The minimum absolute atomic E-state index is 0.0118. The highest BCUT2D eigenvalue weighted by Gasteiger charge is 2.15. The predicted octanol–water partition coefficient (Wildman–Crippen LogP) is 0.885. The largest absolute Gasteiger partial charge is 0.394 e. The van der Waals surface area contributed by atoms with E-state index in [1.165, 1.54) is 0 Å². The predicted molar refractivity (Wildman–Crippen MR) is 65.9 cm³/mol. The van der Waals surface area contributed by atoms with E-state index in [9.17, 15) is 4.79 Å². The molecule has 96 valence electrons. The lowest BCUT2D eigenvalue weighted by Crippen LogP contribution is -2.35. The number of rotatable bonds is 8. The molecule has 4 N–H and O–H groups in total. The van der Waals surface area contributed by atoms with Crippen molar-refractivity contribution < 1.29 is 9.90 Å². The molecule has 0 bridgehead atoms. The third-order valence-corrected chi connectivity index (χ3v) is 2.90. The molecule has 16 heavy (non-hydrogen) atoms. The van der Waals surface area contributed by atoms with E-state index in [1.807, 2.05) is 0 Å². The quantitative estimate of drug-likeness (QED) is 0.579. The molecule has 0 rings (SSSR count). The van der Waals surface area contributed by atoms with Crippen LogP contribution in [0.5, 0.6) is 0 Å². The number of carbonyl (C=O) groups is 1. The van der Waals surface area contributed by atoms with Gasteiger partial charge < -0.3 is 16.2 Å². The molecule has 2 atom stereocenters. The molecule has 0 fully saturated rings. The van der Waals surface area contributed by atoms with Crippen LogP contribution in [-0.2, 0) is 4.79 Å². The van der Waals surface area contributed by atoms with Crippen LogP contribution in [0.25, 0.3) is 0 Å². The second-order valence-electron chi connectivity index (χ2n) is 4.77. The number of aliphatic hydroxyl groups excluding tert-OH is 1. The maximum absolute atomic E-state index is 11.5. The SMILES string of the molecule is CC(C)C(CCN)CCC(=O)N[C@@H](C)CO. The second-order valence-corrected chi connectivity index (χ2v) is 4.77. The van der Waals surface area contributed by atoms with Crippen molar-refractivity contribution in [3.05, 3.63) is 0 Å². The number of hydrogen-bond acceptors (Lipinski definition) is 3. The summed E-state index contributed by atoms with van der Waals surface area (Å²) in [6, 6.07) is -0.153. The van der Waals surface area contributed by atoms with E-state index in [2.05, 4.69) is 19.2 Å². The summed E-state index contributed by atoms with van der Waals surface area (Å²) >= 11 is 0. The topological polar surface area (TPSA) is 75.4 Å². The van der Waals surface area contributed by atoms with Gasteiger partial charge in [0.15, 0.2) is 0 Å². The Balaban J connectivity index is 3.87. The van der Waals surface area contributed by atoms with E-state index in [0.29, 0.717) is 24.8 Å². The van der Waals surface area contributed by atoms with Gasteiger partial charge >= 0.3 is 0 Å². The molecule has 0 saturated carbocycles. The Kier molecular flexibility index (Phi) is 8.21. The van der Waals surface area contributed by atoms with Gasteiger partial charge in [-0.25, -0.2) is 0 Å². The maximum atomic E-state index is 11.5. The van der Waals surface area contributed by atoms with Crippen LogP contribution >= 0.6 is 0 Å². The lowest BCUT2D eigenvalue weighted by Gasteiger charge is -2.20. The Labute approximate surface area is 98.6 Å². The van der Waals surface area contributed by atoms with Crippen LogP contribution in [0.4, 0.5) is 0 Å². The summed E-state index contributed by atoms with van der Waals surface area (Å²) in [5.74, 6) is 1.09. The standard InChI is InChI=1S/C12H26N2O2/c1-9(2)11(6-7-13)4-5-12(16)14-10(3)8-15/h9-11,15H,4-8,13H2,1-3H3,(H,14,16)/t10-,11?/m0/s1. The second kappa shape index (κ2) is 8.53. The number of hydrogen-bond donors (Lipinski definition) is 3. The Hall–Kier alpha value is -0.610. The number of nitrogens with two attached hydrogens (primary N) is 1. The lowest BCUT2D eigenvalue weighted by atomic mass is 9.88. The molecule has 1 unspecified atom stereocenters. The first-order chi connectivity index (χ1) is 7.51. The Bertz CT molecular complexity index is 195. The third kappa shape index (κ3) is 6.80. The fraction of sp³-hybridized carbons (Fsp3) is 0.917. The van der Waals surface area contributed by atoms with Gasteiger partial charge in [0.2, 0.25) is 5.91 Å². The monoisotopic (exact) mass is 230 g/mol. The molecule has 4 heteroatoms. The minimum Gasteiger partial charge on any atom is -0.394 e. The van der Waals surface area contributed by atoms with Gasteiger partial charge in [0.05, 0.1) is 6.61 Å². The summed E-state index contributed by atoms with van der Waals surface area (Å²) in [5.41, 5.74) is 5.54. The summed E-state index contributed by atoms with van der Waals surface area (Å²) < 4.78 is 0. The van der Waals surface area contributed by atoms with Crippen molar-refractivity contribution >= 4 is 5.91 Å². The van der Waals surface area contributed by atoms with Crippen molar-refractivity contribution in [3.63, 3.8) is 0 Å². The van der Waals surface area contributed by atoms with E-state index in [0.717, 1.165) is 12.8 Å². The Morgan fingerprint density at radius 1 is 1.31 bits per heavy atom. The fourth-order valence-electron chi connectivity index (χ4n) is 1.73. The first-order valence-corrected chi connectivity index (χ1v) is 6.11. The van der Waals surface area contributed by atoms with Gasteiger partial charge in [-0.05, 0) is 38.1 Å². The van der Waals surface area contributed by atoms with E-state index in [1.54, 1.807) is 6.92 Å². The third-order valence-electron chi connectivity index (χ3n) is 2.90. The van der Waals surface area contributed by atoms with E-state index in [4.69, 9.17) is 10.8 Å². The minimum atomic E-state index is -0.153. The number of carbonyl (C=O) groups excluding carboxylic acids is 1. The molecule has 0 aliphatic carbocycles. The van der Waals surface area contributed by atoms with Crippen LogP contribution in [-0.4, -0.2) is 30.2 Å². The smallest absolute Gasteiger partial charge is 0.220 e. The van der Waals surface area contributed by atoms with Crippen molar-refractivity contribution in [1.82, 2.24) is 5.32 Å². The zero-order valence-electron chi connectivity index (χ0n) is 10.7. The zero-order chi connectivity index (χ0) is 12.6. The molecule has 4 nitrogen and oxygen atoms in total. The number of aliphatic hydroxyl groups is 1. The van der Waals surface area contributed by atoms with Gasteiger partial charge in [0, 0.05) is 12.5 Å². The number of nitrogens with one attached hydrogen (secondary N) is 1. The van der Waals surface area contributed by atoms with Crippen molar-refractivity contribution in [3.8, 4) is 0 Å². The molecular weight excluding hydrogens is 204 g/mol. The molecule has 0 aromatic carbocycles.